The minimum Gasteiger partial charge on any atom is -3.00 e. The van der Waals surface area contributed by atoms with E-state index in [1.807, 2.05) is 0 Å². The molecule has 0 aromatic heterocycles. The van der Waals surface area contributed by atoms with Gasteiger partial charge in [0.2, 0.25) is 0 Å². The average Bonchev–Trinajstić information content (AvgIpc) is 0. The van der Waals surface area contributed by atoms with E-state index in [1.165, 1.54) is 0 Å². The fraction of sp³-hybridized carbons (Fsp3) is 0. The molecular formula is P5V3-15. The van der Waals surface area contributed by atoms with Crippen molar-refractivity contribution in [2.75, 3.05) is 0 Å². The van der Waals surface area contributed by atoms with Crippen molar-refractivity contribution in [2.45, 2.75) is 0 Å². The van der Waals surface area contributed by atoms with Gasteiger partial charge in [0, 0.05) is 55.7 Å². The maximum absolute atomic E-state index is 0. The molecule has 0 aromatic carbocycles. The molecule has 0 atom stereocenters. The van der Waals surface area contributed by atoms with E-state index < -0.39 is 0 Å². The van der Waals surface area contributed by atoms with Gasteiger partial charge in [-0.1, -0.05) is 0 Å². The summed E-state index contributed by atoms with van der Waals surface area (Å²) in [7, 11) is 0. The van der Waals surface area contributed by atoms with E-state index in [-0.39, 0.29) is 105 Å². The zero-order chi connectivity index (χ0) is 0. The minimum absolute atomic E-state index is 0. The van der Waals surface area contributed by atoms with Gasteiger partial charge in [0.1, 0.15) is 0 Å². The predicted octanol–water partition coefficient (Wildman–Crippen LogP) is 4.30. The van der Waals surface area contributed by atoms with Crippen LogP contribution in [0.15, 0.2) is 0 Å². The first-order valence-corrected chi connectivity index (χ1v) is 0. The van der Waals surface area contributed by atoms with Crippen molar-refractivity contribution < 1.29 is 55.7 Å². The van der Waals surface area contributed by atoms with Gasteiger partial charge in [0.25, 0.3) is 0 Å². The molecule has 0 saturated carbocycles. The van der Waals surface area contributed by atoms with E-state index in [0.717, 1.165) is 0 Å². The molecule has 0 bridgehead atoms. The standard InChI is InChI=1S/5P.3V/q5*-3;;;. The van der Waals surface area contributed by atoms with E-state index in [9.17, 15) is 0 Å². The van der Waals surface area contributed by atoms with E-state index in [2.05, 4.69) is 0 Å². The normalized spacial score (nSPS) is 0. The summed E-state index contributed by atoms with van der Waals surface area (Å²) in [5.41, 5.74) is 0. The molecule has 0 aliphatic rings. The number of hydrogen-bond donors (Lipinski definition) is 0. The van der Waals surface area contributed by atoms with Gasteiger partial charge in [-0.2, -0.15) is 0 Å². The van der Waals surface area contributed by atoms with Crippen molar-refractivity contribution in [1.82, 2.24) is 0 Å². The van der Waals surface area contributed by atoms with Gasteiger partial charge >= 0.3 is 0 Å². The molecule has 0 saturated heterocycles. The number of hydrogen-bond acceptors (Lipinski definition) is 0. The molecule has 0 heterocycles. The Balaban J connectivity index is 0. The Morgan fingerprint density at radius 3 is 0.250 bits per heavy atom. The van der Waals surface area contributed by atoms with Gasteiger partial charge in [-0.3, -0.25) is 0 Å². The van der Waals surface area contributed by atoms with Crippen LogP contribution in [0, 0.1) is 0 Å². The third kappa shape index (κ3) is 51.5. The molecule has 8 heteroatoms. The second-order valence-electron chi connectivity index (χ2n) is 0. The fourth-order valence-corrected chi connectivity index (χ4v) is 0. The van der Waals surface area contributed by atoms with Crippen LogP contribution in [0.1, 0.15) is 0 Å². The largest absolute Gasteiger partial charge is 3.00 e. The molecule has 0 amide bonds. The van der Waals surface area contributed by atoms with Gasteiger partial charge in [0.05, 0.1) is 0 Å². The topological polar surface area (TPSA) is 0 Å². The molecular weight excluding hydrogens is 308 g/mol. The van der Waals surface area contributed by atoms with E-state index in [4.69, 9.17) is 0 Å². The summed E-state index contributed by atoms with van der Waals surface area (Å²) in [6, 6.07) is 0. The summed E-state index contributed by atoms with van der Waals surface area (Å²) in [6.45, 7) is 0. The van der Waals surface area contributed by atoms with Crippen LogP contribution in [-0.4, -0.2) is 0 Å². The van der Waals surface area contributed by atoms with Gasteiger partial charge in [-0.15, -0.1) is 0 Å². The molecule has 0 rings (SSSR count). The molecule has 0 aliphatic carbocycles. The molecule has 8 heavy (non-hydrogen) atoms. The molecule has 0 unspecified atom stereocenters. The van der Waals surface area contributed by atoms with Crippen molar-refractivity contribution >= 4 is 49.5 Å². The van der Waals surface area contributed by atoms with Crippen LogP contribution in [0.3, 0.4) is 0 Å². The maximum atomic E-state index is 0. The fourth-order valence-electron chi connectivity index (χ4n) is 0. The summed E-state index contributed by atoms with van der Waals surface area (Å²) in [4.78, 5) is 0. The van der Waals surface area contributed by atoms with Crippen molar-refractivity contribution in [3.8, 4) is 0 Å². The third-order valence-corrected chi connectivity index (χ3v) is 0. The maximum Gasteiger partial charge on any atom is 0 e. The average molecular weight is 308 g/mol. The third-order valence-electron chi connectivity index (χ3n) is 0. The summed E-state index contributed by atoms with van der Waals surface area (Å²) < 4.78 is 0. The minimum atomic E-state index is 0. The molecule has 0 N–H and O–H groups in total. The Kier molecular flexibility index (Phi) is 815. The second kappa shape index (κ2) is 70.2. The smallest absolute Gasteiger partial charge is 0 e. The predicted molar refractivity (Wildman–Crippen MR) is 34.6 cm³/mol. The second-order valence-corrected chi connectivity index (χ2v) is 0. The van der Waals surface area contributed by atoms with Crippen molar-refractivity contribution in [3.05, 3.63) is 0 Å². The zero-order valence-corrected chi connectivity index (χ0v) is 12.2. The van der Waals surface area contributed by atoms with Crippen LogP contribution in [-0.2, 0) is 55.7 Å². The van der Waals surface area contributed by atoms with Gasteiger partial charge in [0.15, 0.2) is 0 Å². The molecule has 3 radical (unpaired) electrons. The number of rotatable bonds is 0. The Morgan fingerprint density at radius 1 is 0.250 bits per heavy atom. The summed E-state index contributed by atoms with van der Waals surface area (Å²) >= 11 is 0. The van der Waals surface area contributed by atoms with Crippen LogP contribution in [0.5, 0.6) is 0 Å². The molecule has 0 aromatic rings. The van der Waals surface area contributed by atoms with Crippen LogP contribution >= 0.6 is 49.5 Å². The molecule has 0 nitrogen and oxygen atoms in total. The molecule has 55 valence electrons. The Morgan fingerprint density at radius 2 is 0.250 bits per heavy atom. The summed E-state index contributed by atoms with van der Waals surface area (Å²) in [5, 5.41) is 0. The van der Waals surface area contributed by atoms with Crippen molar-refractivity contribution in [1.29, 1.82) is 0 Å². The van der Waals surface area contributed by atoms with E-state index >= 15 is 0 Å². The van der Waals surface area contributed by atoms with Crippen LogP contribution in [0.25, 0.3) is 0 Å². The van der Waals surface area contributed by atoms with Crippen LogP contribution in [0.4, 0.5) is 0 Å². The first-order chi connectivity index (χ1) is 0. The SMILES string of the molecule is [P-3].[P-3].[P-3].[P-3].[P-3].[V].[V].[V]. The van der Waals surface area contributed by atoms with Gasteiger partial charge in [-0.05, 0) is 0 Å². The first kappa shape index (κ1) is 92.9. The van der Waals surface area contributed by atoms with Gasteiger partial charge in [-0.25, -0.2) is 0 Å². The Bertz CT molecular complexity index is 7.64. The quantitative estimate of drug-likeness (QED) is 0.585. The molecule has 0 aliphatic heterocycles. The Hall–Kier alpha value is 3.90. The first-order valence-electron chi connectivity index (χ1n) is 0. The monoisotopic (exact) mass is 308 g/mol. The zero-order valence-electron chi connectivity index (χ0n) is 3.58. The van der Waals surface area contributed by atoms with Crippen molar-refractivity contribution in [2.24, 2.45) is 0 Å². The summed E-state index contributed by atoms with van der Waals surface area (Å²) in [6.07, 6.45) is 0. The van der Waals surface area contributed by atoms with Gasteiger partial charge < -0.3 is 49.5 Å². The summed E-state index contributed by atoms with van der Waals surface area (Å²) in [5.74, 6) is 0. The molecule has 0 spiro atoms. The molecule has 0 fully saturated rings. The van der Waals surface area contributed by atoms with E-state index in [0.29, 0.717) is 0 Å². The van der Waals surface area contributed by atoms with E-state index in [1.54, 1.807) is 0 Å². The van der Waals surface area contributed by atoms with Crippen molar-refractivity contribution in [3.63, 3.8) is 0 Å². The van der Waals surface area contributed by atoms with Crippen LogP contribution < -0.4 is 0 Å². The van der Waals surface area contributed by atoms with Crippen LogP contribution in [0.2, 0.25) is 0 Å². The Labute approximate surface area is 104 Å².